The fraction of sp³-hybridized carbons (Fsp3) is 0.200. The first-order valence-electron chi connectivity index (χ1n) is 6.56. The maximum atomic E-state index is 11.0. The van der Waals surface area contributed by atoms with Crippen LogP contribution < -0.4 is 11.1 Å². The molecule has 3 N–H and O–H groups in total. The second-order valence-electron chi connectivity index (χ2n) is 4.65. The molecule has 6 heteroatoms. The van der Waals surface area contributed by atoms with Crippen molar-refractivity contribution in [2.45, 2.75) is 12.5 Å². The molecule has 2 aromatic rings. The van der Waals surface area contributed by atoms with Crippen LogP contribution in [0, 0.1) is 10.1 Å². The molecule has 2 rings (SSSR count). The van der Waals surface area contributed by atoms with Crippen molar-refractivity contribution in [3.8, 4) is 0 Å². The zero-order valence-corrected chi connectivity index (χ0v) is 12.9. The number of nitrogens with zero attached hydrogens (tertiary/aromatic N) is 1. The van der Waals surface area contributed by atoms with Crippen molar-refractivity contribution < 1.29 is 4.92 Å². The lowest BCUT2D eigenvalue weighted by atomic mass is 10.1. The number of hydrogen-bond acceptors (Lipinski definition) is 4. The molecule has 0 aliphatic carbocycles. The van der Waals surface area contributed by atoms with Crippen LogP contribution in [0.15, 0.2) is 53.0 Å². The van der Waals surface area contributed by atoms with Gasteiger partial charge in [0.1, 0.15) is 5.69 Å². The average molecular weight is 350 g/mol. The number of nitrogens with two attached hydrogens (primary N) is 1. The quantitative estimate of drug-likeness (QED) is 0.612. The minimum atomic E-state index is -0.399. The van der Waals surface area contributed by atoms with Crippen molar-refractivity contribution in [2.75, 3.05) is 11.9 Å². The Morgan fingerprint density at radius 3 is 2.62 bits per heavy atom. The first-order chi connectivity index (χ1) is 10.1. The molecule has 110 valence electrons. The molecule has 0 fully saturated rings. The minimum absolute atomic E-state index is 0.0534. The van der Waals surface area contributed by atoms with Gasteiger partial charge in [0.05, 0.1) is 4.92 Å². The molecule has 0 heterocycles. The maximum Gasteiger partial charge on any atom is 0.293 e. The second kappa shape index (κ2) is 7.19. The molecule has 0 bridgehead atoms. The Morgan fingerprint density at radius 1 is 1.24 bits per heavy atom. The Kier molecular flexibility index (Phi) is 5.30. The van der Waals surface area contributed by atoms with Gasteiger partial charge in [-0.15, -0.1) is 0 Å². The molecule has 0 saturated carbocycles. The van der Waals surface area contributed by atoms with Gasteiger partial charge in [-0.2, -0.15) is 0 Å². The van der Waals surface area contributed by atoms with E-state index in [1.54, 1.807) is 12.1 Å². The summed E-state index contributed by atoms with van der Waals surface area (Å²) in [6.07, 6.45) is 0.692. The van der Waals surface area contributed by atoms with Crippen LogP contribution in [0.5, 0.6) is 0 Å². The average Bonchev–Trinajstić information content (AvgIpc) is 2.49. The van der Waals surface area contributed by atoms with Crippen LogP contribution in [0.4, 0.5) is 11.4 Å². The molecule has 1 atom stereocenters. The van der Waals surface area contributed by atoms with E-state index in [2.05, 4.69) is 21.2 Å². The summed E-state index contributed by atoms with van der Waals surface area (Å²) in [4.78, 5) is 10.6. The first kappa shape index (κ1) is 15.5. The van der Waals surface area contributed by atoms with Crippen LogP contribution in [0.1, 0.15) is 18.0 Å². The summed E-state index contributed by atoms with van der Waals surface area (Å²) in [6, 6.07) is 14.7. The minimum Gasteiger partial charge on any atom is -0.379 e. The first-order valence-corrected chi connectivity index (χ1v) is 7.35. The van der Waals surface area contributed by atoms with Crippen LogP contribution in [0.25, 0.3) is 0 Å². The Hall–Kier alpha value is -1.92. The number of nitro benzene ring substituents is 1. The zero-order valence-electron chi connectivity index (χ0n) is 11.3. The molecule has 21 heavy (non-hydrogen) atoms. The van der Waals surface area contributed by atoms with Crippen molar-refractivity contribution in [3.63, 3.8) is 0 Å². The van der Waals surface area contributed by atoms with Crippen molar-refractivity contribution >= 4 is 27.3 Å². The Morgan fingerprint density at radius 2 is 1.95 bits per heavy atom. The predicted octanol–water partition coefficient (Wildman–Crippen LogP) is 3.86. The summed E-state index contributed by atoms with van der Waals surface area (Å²) in [7, 11) is 0. The van der Waals surface area contributed by atoms with E-state index >= 15 is 0 Å². The van der Waals surface area contributed by atoms with E-state index in [1.807, 2.05) is 30.3 Å². The van der Waals surface area contributed by atoms with Gasteiger partial charge in [-0.25, -0.2) is 0 Å². The molecule has 1 unspecified atom stereocenters. The third kappa shape index (κ3) is 4.27. The van der Waals surface area contributed by atoms with E-state index in [-0.39, 0.29) is 11.7 Å². The van der Waals surface area contributed by atoms with Gasteiger partial charge < -0.3 is 11.1 Å². The summed E-state index contributed by atoms with van der Waals surface area (Å²) in [5.74, 6) is 0. The topological polar surface area (TPSA) is 81.2 Å². The lowest BCUT2D eigenvalue weighted by Crippen LogP contribution is -2.15. The number of benzene rings is 2. The summed E-state index contributed by atoms with van der Waals surface area (Å²) >= 11 is 3.23. The van der Waals surface area contributed by atoms with Crippen molar-refractivity contribution in [3.05, 3.63) is 68.7 Å². The van der Waals surface area contributed by atoms with E-state index in [1.165, 1.54) is 6.07 Å². The summed E-state index contributed by atoms with van der Waals surface area (Å²) in [6.45, 7) is 0.568. The van der Waals surface area contributed by atoms with E-state index in [0.29, 0.717) is 23.1 Å². The van der Waals surface area contributed by atoms with Gasteiger partial charge in [-0.3, -0.25) is 10.1 Å². The van der Waals surface area contributed by atoms with Gasteiger partial charge in [-0.1, -0.05) is 46.3 Å². The highest BCUT2D eigenvalue weighted by atomic mass is 79.9. The molecule has 0 amide bonds. The Balaban J connectivity index is 1.96. The normalized spacial score (nSPS) is 11.9. The van der Waals surface area contributed by atoms with Gasteiger partial charge in [0.2, 0.25) is 0 Å². The highest BCUT2D eigenvalue weighted by Gasteiger charge is 2.14. The van der Waals surface area contributed by atoms with Gasteiger partial charge in [-0.05, 0) is 24.1 Å². The van der Waals surface area contributed by atoms with Crippen LogP contribution in [0.2, 0.25) is 0 Å². The molecule has 0 aliphatic rings. The van der Waals surface area contributed by atoms with Gasteiger partial charge in [0, 0.05) is 23.1 Å². The smallest absolute Gasteiger partial charge is 0.293 e. The van der Waals surface area contributed by atoms with E-state index < -0.39 is 4.92 Å². The fourth-order valence-corrected chi connectivity index (χ4v) is 2.38. The summed E-state index contributed by atoms with van der Waals surface area (Å²) in [5, 5.41) is 14.1. The number of hydrogen-bond donors (Lipinski definition) is 2. The van der Waals surface area contributed by atoms with Crippen molar-refractivity contribution in [1.82, 2.24) is 0 Å². The fourth-order valence-electron chi connectivity index (χ4n) is 2.03. The molecule has 0 saturated heterocycles. The van der Waals surface area contributed by atoms with Crippen molar-refractivity contribution in [2.24, 2.45) is 5.73 Å². The van der Waals surface area contributed by atoms with Gasteiger partial charge in [0.25, 0.3) is 5.69 Å². The molecule has 0 aromatic heterocycles. The van der Waals surface area contributed by atoms with Crippen LogP contribution in [-0.2, 0) is 0 Å². The standard InChI is InChI=1S/C15H16BrN3O2/c16-12-6-7-14(15(10-12)19(20)21)18-9-8-13(17)11-4-2-1-3-5-11/h1-7,10,13,18H,8-9,17H2. The third-order valence-corrected chi connectivity index (χ3v) is 3.65. The largest absolute Gasteiger partial charge is 0.379 e. The maximum absolute atomic E-state index is 11.0. The number of anilines is 1. The van der Waals surface area contributed by atoms with Crippen molar-refractivity contribution in [1.29, 1.82) is 0 Å². The number of nitrogens with one attached hydrogen (secondary N) is 1. The molecule has 0 spiro atoms. The van der Waals surface area contributed by atoms with Gasteiger partial charge >= 0.3 is 0 Å². The van der Waals surface area contributed by atoms with E-state index in [0.717, 1.165) is 5.56 Å². The van der Waals surface area contributed by atoms with Gasteiger partial charge in [0.15, 0.2) is 0 Å². The third-order valence-electron chi connectivity index (χ3n) is 3.15. The van der Waals surface area contributed by atoms with E-state index in [4.69, 9.17) is 5.73 Å². The number of halogens is 1. The highest BCUT2D eigenvalue weighted by Crippen LogP contribution is 2.28. The summed E-state index contributed by atoms with van der Waals surface area (Å²) < 4.78 is 0.681. The Labute approximate surface area is 131 Å². The summed E-state index contributed by atoms with van der Waals surface area (Å²) in [5.41, 5.74) is 7.72. The monoisotopic (exact) mass is 349 g/mol. The van der Waals surface area contributed by atoms with Crippen LogP contribution in [-0.4, -0.2) is 11.5 Å². The van der Waals surface area contributed by atoms with Crippen LogP contribution in [0.3, 0.4) is 0 Å². The SMILES string of the molecule is NC(CCNc1ccc(Br)cc1[N+](=O)[O-])c1ccccc1. The Bertz CT molecular complexity index is 620. The van der Waals surface area contributed by atoms with Crippen LogP contribution >= 0.6 is 15.9 Å². The highest BCUT2D eigenvalue weighted by molar-refractivity contribution is 9.10. The molecule has 5 nitrogen and oxygen atoms in total. The number of rotatable bonds is 6. The molecular formula is C15H16BrN3O2. The zero-order chi connectivity index (χ0) is 15.2. The van der Waals surface area contributed by atoms with E-state index in [9.17, 15) is 10.1 Å². The lowest BCUT2D eigenvalue weighted by molar-refractivity contribution is -0.384. The number of nitro groups is 1. The molecule has 0 aliphatic heterocycles. The predicted molar refractivity (Wildman–Crippen MR) is 87.3 cm³/mol. The molecule has 0 radical (unpaired) electrons. The molecular weight excluding hydrogens is 334 g/mol. The second-order valence-corrected chi connectivity index (χ2v) is 5.57. The lowest BCUT2D eigenvalue weighted by Gasteiger charge is -2.13. The molecule has 2 aromatic carbocycles.